The number of carbonyl (C=O) groups excluding carboxylic acids is 1. The van der Waals surface area contributed by atoms with Gasteiger partial charge in [0.2, 0.25) is 0 Å². The van der Waals surface area contributed by atoms with Crippen LogP contribution in [0.1, 0.15) is 23.6 Å². The number of nitriles is 1. The zero-order valence-electron chi connectivity index (χ0n) is 14.6. The molecule has 7 heteroatoms. The van der Waals surface area contributed by atoms with E-state index in [9.17, 15) is 10.1 Å². The molecule has 0 radical (unpaired) electrons. The molecule has 0 bridgehead atoms. The number of rotatable bonds is 6. The average molecular weight is 379 g/mol. The summed E-state index contributed by atoms with van der Waals surface area (Å²) in [4.78, 5) is 11.8. The molecule has 1 amide bonds. The molecule has 0 saturated carbocycles. The number of ether oxygens (including phenoxy) is 2. The summed E-state index contributed by atoms with van der Waals surface area (Å²) in [5.74, 6) is 0.847. The topological polar surface area (TPSA) is 83.4 Å². The first-order chi connectivity index (χ1) is 13.1. The van der Waals surface area contributed by atoms with Crippen molar-refractivity contribution in [3.63, 3.8) is 0 Å². The molecule has 136 valence electrons. The summed E-state index contributed by atoms with van der Waals surface area (Å²) in [7, 11) is 0. The number of nitrogens with one attached hydrogen (secondary N) is 2. The Morgan fingerprint density at radius 2 is 1.96 bits per heavy atom. The van der Waals surface area contributed by atoms with Crippen molar-refractivity contribution in [2.45, 2.75) is 13.5 Å². The van der Waals surface area contributed by atoms with Crippen LogP contribution in [-0.4, -0.2) is 17.6 Å². The second kappa shape index (κ2) is 8.34. The molecule has 3 rings (SSSR count). The molecule has 1 fully saturated rings. The predicted molar refractivity (Wildman–Crippen MR) is 105 cm³/mol. The molecule has 6 nitrogen and oxygen atoms in total. The first-order valence-corrected chi connectivity index (χ1v) is 8.73. The maximum absolute atomic E-state index is 11.8. The summed E-state index contributed by atoms with van der Waals surface area (Å²) in [6.45, 7) is 2.60. The normalized spacial score (nSPS) is 14.4. The Morgan fingerprint density at radius 3 is 2.67 bits per heavy atom. The predicted octanol–water partition coefficient (Wildman–Crippen LogP) is 2.88. The molecule has 0 spiro atoms. The summed E-state index contributed by atoms with van der Waals surface area (Å²) < 4.78 is 11.5. The molecule has 0 unspecified atom stereocenters. The molecule has 27 heavy (non-hydrogen) atoms. The van der Waals surface area contributed by atoms with Gasteiger partial charge in [-0.3, -0.25) is 10.1 Å². The van der Waals surface area contributed by atoms with Crippen molar-refractivity contribution in [1.82, 2.24) is 10.6 Å². The van der Waals surface area contributed by atoms with E-state index in [1.54, 1.807) is 24.3 Å². The van der Waals surface area contributed by atoms with Crippen LogP contribution in [0.3, 0.4) is 0 Å². The highest BCUT2D eigenvalue weighted by Crippen LogP contribution is 2.30. The maximum Gasteiger partial charge on any atom is 0.273 e. The smallest absolute Gasteiger partial charge is 0.273 e. The molecule has 2 aromatic carbocycles. The van der Waals surface area contributed by atoms with Crippen molar-refractivity contribution in [1.29, 1.82) is 5.26 Å². The summed E-state index contributed by atoms with van der Waals surface area (Å²) in [6.07, 6.45) is 1.69. The van der Waals surface area contributed by atoms with Crippen LogP contribution in [0.5, 0.6) is 11.5 Å². The van der Waals surface area contributed by atoms with Gasteiger partial charge in [-0.2, -0.15) is 5.26 Å². The Hall–Kier alpha value is -3.37. The van der Waals surface area contributed by atoms with Crippen LogP contribution in [-0.2, 0) is 11.4 Å². The zero-order valence-corrected chi connectivity index (χ0v) is 15.4. The molecule has 1 aliphatic rings. The van der Waals surface area contributed by atoms with E-state index in [2.05, 4.69) is 16.7 Å². The molecule has 1 saturated heterocycles. The molecule has 2 aromatic rings. The summed E-state index contributed by atoms with van der Waals surface area (Å²) in [5.41, 5.74) is 2.52. The highest BCUT2D eigenvalue weighted by atomic mass is 32.1. The largest absolute Gasteiger partial charge is 0.490 e. The number of hydrogen-bond acceptors (Lipinski definition) is 5. The van der Waals surface area contributed by atoms with Gasteiger partial charge in [0.15, 0.2) is 16.6 Å². The van der Waals surface area contributed by atoms with Crippen molar-refractivity contribution < 1.29 is 14.3 Å². The third-order valence-corrected chi connectivity index (χ3v) is 4.02. The Kier molecular flexibility index (Phi) is 5.69. The van der Waals surface area contributed by atoms with Crippen LogP contribution in [0.25, 0.3) is 6.08 Å². The van der Waals surface area contributed by atoms with E-state index in [4.69, 9.17) is 21.7 Å². The highest BCUT2D eigenvalue weighted by molar-refractivity contribution is 7.80. The van der Waals surface area contributed by atoms with Crippen LogP contribution in [0, 0.1) is 11.3 Å². The number of hydrogen-bond donors (Lipinski definition) is 2. The lowest BCUT2D eigenvalue weighted by Gasteiger charge is -2.13. The monoisotopic (exact) mass is 379 g/mol. The van der Waals surface area contributed by atoms with Gasteiger partial charge < -0.3 is 14.8 Å². The quantitative estimate of drug-likeness (QED) is 0.593. The van der Waals surface area contributed by atoms with Gasteiger partial charge in [-0.05, 0) is 49.0 Å². The highest BCUT2D eigenvalue weighted by Gasteiger charge is 2.20. The average Bonchev–Trinajstić information content (AvgIpc) is 2.98. The SMILES string of the molecule is CCOc1cc(/C=C2/NC(=S)NC2=O)ccc1OCc1ccccc1C#N. The molecule has 0 atom stereocenters. The Labute approximate surface area is 162 Å². The Morgan fingerprint density at radius 1 is 1.15 bits per heavy atom. The Balaban J connectivity index is 1.82. The van der Waals surface area contributed by atoms with Gasteiger partial charge >= 0.3 is 0 Å². The van der Waals surface area contributed by atoms with Crippen molar-refractivity contribution in [3.05, 3.63) is 64.9 Å². The summed E-state index contributed by atoms with van der Waals surface area (Å²) >= 11 is 4.93. The van der Waals surface area contributed by atoms with E-state index < -0.39 is 0 Å². The molecule has 2 N–H and O–H groups in total. The fourth-order valence-electron chi connectivity index (χ4n) is 2.56. The van der Waals surface area contributed by atoms with E-state index in [1.807, 2.05) is 31.2 Å². The number of benzene rings is 2. The lowest BCUT2D eigenvalue weighted by Crippen LogP contribution is -2.21. The van der Waals surface area contributed by atoms with Gasteiger partial charge in [0, 0.05) is 5.56 Å². The van der Waals surface area contributed by atoms with Crippen molar-refractivity contribution in [2.75, 3.05) is 6.61 Å². The minimum absolute atomic E-state index is 0.252. The maximum atomic E-state index is 11.8. The fraction of sp³-hybridized carbons (Fsp3) is 0.150. The molecule has 0 aromatic heterocycles. The molecule has 1 aliphatic heterocycles. The minimum atomic E-state index is -0.272. The van der Waals surface area contributed by atoms with Gasteiger partial charge in [-0.25, -0.2) is 0 Å². The molecular formula is C20H17N3O3S. The summed E-state index contributed by atoms with van der Waals surface area (Å²) in [5, 5.41) is 14.8. The van der Waals surface area contributed by atoms with Crippen LogP contribution in [0.2, 0.25) is 0 Å². The first kappa shape index (κ1) is 18.4. The van der Waals surface area contributed by atoms with Crippen molar-refractivity contribution in [2.24, 2.45) is 0 Å². The zero-order chi connectivity index (χ0) is 19.2. The number of amides is 1. The van der Waals surface area contributed by atoms with Crippen molar-refractivity contribution >= 4 is 29.3 Å². The molecule has 1 heterocycles. The van der Waals surface area contributed by atoms with Crippen LogP contribution in [0.15, 0.2) is 48.2 Å². The van der Waals surface area contributed by atoms with Gasteiger partial charge in [0.05, 0.1) is 18.2 Å². The van der Waals surface area contributed by atoms with E-state index >= 15 is 0 Å². The minimum Gasteiger partial charge on any atom is -0.490 e. The van der Waals surface area contributed by atoms with Gasteiger partial charge in [0.1, 0.15) is 12.3 Å². The van der Waals surface area contributed by atoms with E-state index in [0.717, 1.165) is 11.1 Å². The lowest BCUT2D eigenvalue weighted by atomic mass is 10.1. The van der Waals surface area contributed by atoms with E-state index in [-0.39, 0.29) is 17.6 Å². The third kappa shape index (κ3) is 4.43. The third-order valence-electron chi connectivity index (χ3n) is 3.82. The Bertz CT molecular complexity index is 963. The second-order valence-corrected chi connectivity index (χ2v) is 6.07. The van der Waals surface area contributed by atoms with Crippen LogP contribution < -0.4 is 20.1 Å². The van der Waals surface area contributed by atoms with Crippen LogP contribution >= 0.6 is 12.2 Å². The van der Waals surface area contributed by atoms with E-state index in [1.165, 1.54) is 0 Å². The standard InChI is InChI=1S/C20H17N3O3S/c1-2-25-18-10-13(9-16-19(24)23-20(27)22-16)7-8-17(18)26-12-15-6-4-3-5-14(15)11-21/h3-10H,2,12H2,1H3,(H2,22,23,24,27)/b16-9+. The number of carbonyl (C=O) groups is 1. The summed E-state index contributed by atoms with van der Waals surface area (Å²) in [6, 6.07) is 14.8. The molecule has 0 aliphatic carbocycles. The van der Waals surface area contributed by atoms with Crippen LogP contribution in [0.4, 0.5) is 0 Å². The second-order valence-electron chi connectivity index (χ2n) is 5.66. The first-order valence-electron chi connectivity index (χ1n) is 8.32. The lowest BCUT2D eigenvalue weighted by molar-refractivity contribution is -0.115. The van der Waals surface area contributed by atoms with Crippen molar-refractivity contribution in [3.8, 4) is 17.6 Å². The van der Waals surface area contributed by atoms with Gasteiger partial charge in [-0.1, -0.05) is 24.3 Å². The number of nitrogens with zero attached hydrogens (tertiary/aromatic N) is 1. The molecular weight excluding hydrogens is 362 g/mol. The van der Waals surface area contributed by atoms with Gasteiger partial charge in [-0.15, -0.1) is 0 Å². The van der Waals surface area contributed by atoms with Gasteiger partial charge in [0.25, 0.3) is 5.91 Å². The van der Waals surface area contributed by atoms with E-state index in [0.29, 0.717) is 29.4 Å². The number of thiocarbonyl (C=S) groups is 1. The fourth-order valence-corrected chi connectivity index (χ4v) is 2.76.